The molecule has 0 radical (unpaired) electrons. The molecule has 10 heavy (non-hydrogen) atoms. The fraction of sp³-hybridized carbons (Fsp3) is 1.00. The molecule has 0 bridgehead atoms. The van der Waals surface area contributed by atoms with E-state index in [-0.39, 0.29) is 5.48 Å². The van der Waals surface area contributed by atoms with E-state index in [0.717, 1.165) is 7.11 Å². The zero-order valence-corrected chi connectivity index (χ0v) is 7.51. The molecule has 0 aromatic carbocycles. The zero-order chi connectivity index (χ0) is 7.86. The summed E-state index contributed by atoms with van der Waals surface area (Å²) in [5.41, 5.74) is 0. The Balaban J connectivity index is -0.000000149. The van der Waals surface area contributed by atoms with Crippen LogP contribution in [0.2, 0.25) is 0 Å². The van der Waals surface area contributed by atoms with Crippen LogP contribution in [0.4, 0.5) is 0 Å². The highest BCUT2D eigenvalue weighted by molar-refractivity contribution is 4.40. The predicted molar refractivity (Wildman–Crippen MR) is 43.1 cm³/mol. The number of hydrogen-bond donors (Lipinski definition) is 1. The Morgan fingerprint density at radius 1 is 0.900 bits per heavy atom. The molecule has 0 amide bonds. The van der Waals surface area contributed by atoms with Gasteiger partial charge in [0, 0.05) is 7.11 Å². The van der Waals surface area contributed by atoms with E-state index in [1.165, 1.54) is 0 Å². The topological polar surface area (TPSA) is 61.0 Å². The van der Waals surface area contributed by atoms with Crippen molar-refractivity contribution in [3.63, 3.8) is 0 Å². The maximum atomic E-state index is 7.00. The first-order valence-electron chi connectivity index (χ1n) is 3.23. The molecule has 66 valence electrons. The largest absolute Gasteiger partial charge is 0.412 e. The average molecular weight is 152 g/mol. The molecule has 3 N–H and O–H groups in total. The lowest BCUT2D eigenvalue weighted by Crippen LogP contribution is -2.09. The molecule has 0 rings (SSSR count). The van der Waals surface area contributed by atoms with E-state index in [0.29, 0.717) is 12.2 Å². The van der Waals surface area contributed by atoms with E-state index in [2.05, 4.69) is 0 Å². The lowest BCUT2D eigenvalue weighted by Gasteiger charge is -2.09. The summed E-state index contributed by atoms with van der Waals surface area (Å²) in [6.45, 7) is 8.17. The SMILES string of the molecule is CC(C)OC(C)C.CO.O. The molecular weight excluding hydrogens is 132 g/mol. The summed E-state index contributed by atoms with van der Waals surface area (Å²) >= 11 is 0. The van der Waals surface area contributed by atoms with Gasteiger partial charge in [0.05, 0.1) is 12.2 Å². The maximum absolute atomic E-state index is 7.00. The summed E-state index contributed by atoms with van der Waals surface area (Å²) in [4.78, 5) is 0. The van der Waals surface area contributed by atoms with Gasteiger partial charge < -0.3 is 15.3 Å². The minimum Gasteiger partial charge on any atom is -0.412 e. The Kier molecular flexibility index (Phi) is 19.2. The lowest BCUT2D eigenvalue weighted by atomic mass is 10.4. The standard InChI is InChI=1S/C6H14O.CH4O.H2O/c1-5(2)7-6(3)4;1-2;/h5-6H,1-4H3;2H,1H3;1H2. The molecule has 0 aromatic heterocycles. The highest BCUT2D eigenvalue weighted by atomic mass is 16.5. The molecule has 0 atom stereocenters. The Labute approximate surface area is 63.3 Å². The Morgan fingerprint density at radius 3 is 1.10 bits per heavy atom. The molecule has 0 aliphatic rings. The molecule has 0 saturated heterocycles. The number of ether oxygens (including phenoxy) is 1. The van der Waals surface area contributed by atoms with Crippen molar-refractivity contribution in [1.29, 1.82) is 0 Å². The van der Waals surface area contributed by atoms with Crippen molar-refractivity contribution in [3.05, 3.63) is 0 Å². The van der Waals surface area contributed by atoms with Crippen molar-refractivity contribution in [2.45, 2.75) is 39.9 Å². The van der Waals surface area contributed by atoms with Crippen LogP contribution < -0.4 is 0 Å². The van der Waals surface area contributed by atoms with Gasteiger partial charge in [-0.2, -0.15) is 0 Å². The molecule has 0 aromatic rings. The van der Waals surface area contributed by atoms with E-state index >= 15 is 0 Å². The van der Waals surface area contributed by atoms with Gasteiger partial charge in [0.15, 0.2) is 0 Å². The third kappa shape index (κ3) is 24.8. The first kappa shape index (κ1) is 16.5. The molecular formula is C7H20O3. The number of aliphatic hydroxyl groups excluding tert-OH is 1. The van der Waals surface area contributed by atoms with Crippen LogP contribution >= 0.6 is 0 Å². The molecule has 0 saturated carbocycles. The van der Waals surface area contributed by atoms with Gasteiger partial charge >= 0.3 is 0 Å². The fourth-order valence-electron chi connectivity index (χ4n) is 0.544. The quantitative estimate of drug-likeness (QED) is 0.630. The third-order valence-electron chi connectivity index (χ3n) is 0.544. The van der Waals surface area contributed by atoms with Gasteiger partial charge in [-0.1, -0.05) is 0 Å². The van der Waals surface area contributed by atoms with Crippen molar-refractivity contribution < 1.29 is 15.3 Å². The highest BCUT2D eigenvalue weighted by Gasteiger charge is 1.94. The average Bonchev–Trinajstić information content (AvgIpc) is 1.68. The highest BCUT2D eigenvalue weighted by Crippen LogP contribution is 1.93. The van der Waals surface area contributed by atoms with Crippen molar-refractivity contribution in [3.8, 4) is 0 Å². The summed E-state index contributed by atoms with van der Waals surface area (Å²) < 4.78 is 5.25. The third-order valence-corrected chi connectivity index (χ3v) is 0.544. The maximum Gasteiger partial charge on any atom is 0.0522 e. The molecule has 3 nitrogen and oxygen atoms in total. The number of rotatable bonds is 2. The Morgan fingerprint density at radius 2 is 1.10 bits per heavy atom. The van der Waals surface area contributed by atoms with Gasteiger partial charge in [-0.3, -0.25) is 0 Å². The second kappa shape index (κ2) is 11.6. The predicted octanol–water partition coefficient (Wildman–Crippen LogP) is 0.604. The van der Waals surface area contributed by atoms with Crippen molar-refractivity contribution >= 4 is 0 Å². The van der Waals surface area contributed by atoms with Crippen LogP contribution in [0.3, 0.4) is 0 Å². The van der Waals surface area contributed by atoms with Crippen LogP contribution in [0.1, 0.15) is 27.7 Å². The van der Waals surface area contributed by atoms with Crippen molar-refractivity contribution in [1.82, 2.24) is 0 Å². The number of hydrogen-bond acceptors (Lipinski definition) is 2. The molecule has 3 heteroatoms. The van der Waals surface area contributed by atoms with E-state index < -0.39 is 0 Å². The van der Waals surface area contributed by atoms with Crippen LogP contribution in [0.5, 0.6) is 0 Å². The number of aliphatic hydroxyl groups is 1. The Bertz CT molecular complexity index is 38.1. The minimum absolute atomic E-state index is 0. The van der Waals surface area contributed by atoms with Crippen LogP contribution in [0, 0.1) is 0 Å². The smallest absolute Gasteiger partial charge is 0.0522 e. The van der Waals surface area contributed by atoms with Crippen molar-refractivity contribution in [2.75, 3.05) is 7.11 Å². The van der Waals surface area contributed by atoms with E-state index in [1.807, 2.05) is 27.7 Å². The summed E-state index contributed by atoms with van der Waals surface area (Å²) in [6, 6.07) is 0. The lowest BCUT2D eigenvalue weighted by molar-refractivity contribution is 0.0300. The van der Waals surface area contributed by atoms with E-state index in [4.69, 9.17) is 9.84 Å². The minimum atomic E-state index is 0. The van der Waals surface area contributed by atoms with E-state index in [1.54, 1.807) is 0 Å². The summed E-state index contributed by atoms with van der Waals surface area (Å²) in [6.07, 6.45) is 0.750. The van der Waals surface area contributed by atoms with Crippen LogP contribution in [-0.2, 0) is 4.74 Å². The van der Waals surface area contributed by atoms with Crippen molar-refractivity contribution in [2.24, 2.45) is 0 Å². The normalized spacial score (nSPS) is 8.40. The Hall–Kier alpha value is -0.120. The zero-order valence-electron chi connectivity index (χ0n) is 7.51. The second-order valence-corrected chi connectivity index (χ2v) is 2.23. The first-order valence-corrected chi connectivity index (χ1v) is 3.23. The molecule has 0 unspecified atom stereocenters. The molecule has 0 aliphatic heterocycles. The monoisotopic (exact) mass is 152 g/mol. The first-order chi connectivity index (χ1) is 4.13. The molecule has 0 spiro atoms. The molecule has 0 heterocycles. The summed E-state index contributed by atoms with van der Waals surface area (Å²) in [7, 11) is 1.00. The van der Waals surface area contributed by atoms with Crippen LogP contribution in [-0.4, -0.2) is 29.9 Å². The van der Waals surface area contributed by atoms with Crippen LogP contribution in [0.15, 0.2) is 0 Å². The van der Waals surface area contributed by atoms with Gasteiger partial charge in [-0.15, -0.1) is 0 Å². The van der Waals surface area contributed by atoms with Gasteiger partial charge in [0.2, 0.25) is 0 Å². The van der Waals surface area contributed by atoms with E-state index in [9.17, 15) is 0 Å². The fourth-order valence-corrected chi connectivity index (χ4v) is 0.544. The van der Waals surface area contributed by atoms with Gasteiger partial charge in [0.25, 0.3) is 0 Å². The summed E-state index contributed by atoms with van der Waals surface area (Å²) in [5, 5.41) is 7.00. The summed E-state index contributed by atoms with van der Waals surface area (Å²) in [5.74, 6) is 0. The van der Waals surface area contributed by atoms with Crippen LogP contribution in [0.25, 0.3) is 0 Å². The van der Waals surface area contributed by atoms with Gasteiger partial charge in [-0.25, -0.2) is 0 Å². The molecule has 0 aliphatic carbocycles. The van der Waals surface area contributed by atoms with Gasteiger partial charge in [0.1, 0.15) is 0 Å². The molecule has 0 fully saturated rings. The van der Waals surface area contributed by atoms with Gasteiger partial charge in [-0.05, 0) is 27.7 Å². The second-order valence-electron chi connectivity index (χ2n) is 2.23.